The number of rotatable bonds is 6. The van der Waals surface area contributed by atoms with Gasteiger partial charge in [0.1, 0.15) is 34.8 Å². The second kappa shape index (κ2) is 8.08. The summed E-state index contributed by atoms with van der Waals surface area (Å²) < 4.78 is 22.0. The normalized spacial score (nSPS) is 10.6. The van der Waals surface area contributed by atoms with Crippen LogP contribution >= 0.6 is 0 Å². The smallest absolute Gasteiger partial charge is 0.239 e. The number of aromatic hydroxyl groups is 1. The zero-order valence-corrected chi connectivity index (χ0v) is 16.2. The van der Waals surface area contributed by atoms with Gasteiger partial charge >= 0.3 is 0 Å². The zero-order chi connectivity index (χ0) is 20.3. The van der Waals surface area contributed by atoms with Crippen LogP contribution in [0.1, 0.15) is 13.8 Å². The van der Waals surface area contributed by atoms with Crippen LogP contribution < -0.4 is 19.6 Å². The number of hydrogen-bond donors (Lipinski definition) is 1. The Morgan fingerprint density at radius 3 is 2.39 bits per heavy atom. The fraction of sp³-hybridized carbons (Fsp3) is 0.227. The highest BCUT2D eigenvalue weighted by Crippen LogP contribution is 2.36. The topological polar surface area (TPSA) is 78.1 Å². The number of benzene rings is 2. The van der Waals surface area contributed by atoms with Gasteiger partial charge in [-0.1, -0.05) is 5.57 Å². The molecule has 28 heavy (non-hydrogen) atoms. The van der Waals surface area contributed by atoms with Gasteiger partial charge in [-0.15, -0.1) is 0 Å². The van der Waals surface area contributed by atoms with Crippen LogP contribution in [0.2, 0.25) is 0 Å². The molecular formula is C22H22O6. The molecule has 0 aliphatic carbocycles. The summed E-state index contributed by atoms with van der Waals surface area (Å²) in [7, 11) is 2.96. The number of phenols is 1. The van der Waals surface area contributed by atoms with Gasteiger partial charge in [-0.05, 0) is 44.2 Å². The maximum absolute atomic E-state index is 12.9. The van der Waals surface area contributed by atoms with Crippen molar-refractivity contribution in [2.45, 2.75) is 13.8 Å². The number of phenolic OH excluding ortho intramolecular Hbond substituents is 1. The van der Waals surface area contributed by atoms with Gasteiger partial charge in [0, 0.05) is 17.7 Å². The first-order chi connectivity index (χ1) is 13.4. The number of methoxy groups -OCH3 is 2. The third-order valence-corrected chi connectivity index (χ3v) is 4.20. The highest BCUT2D eigenvalue weighted by Gasteiger charge is 2.20. The van der Waals surface area contributed by atoms with E-state index in [9.17, 15) is 9.90 Å². The monoisotopic (exact) mass is 382 g/mol. The van der Waals surface area contributed by atoms with E-state index in [1.807, 2.05) is 19.9 Å². The van der Waals surface area contributed by atoms with E-state index in [0.717, 1.165) is 5.57 Å². The van der Waals surface area contributed by atoms with Gasteiger partial charge in [-0.25, -0.2) is 0 Å². The fourth-order valence-electron chi connectivity index (χ4n) is 2.76. The predicted octanol–water partition coefficient (Wildman–Crippen LogP) is 4.53. The molecule has 146 valence electrons. The van der Waals surface area contributed by atoms with Gasteiger partial charge in [0.05, 0.1) is 14.2 Å². The number of ether oxygens (including phenoxy) is 3. The van der Waals surface area contributed by atoms with Crippen LogP contribution in [0.4, 0.5) is 0 Å². The molecule has 0 fully saturated rings. The van der Waals surface area contributed by atoms with Crippen LogP contribution in [0.15, 0.2) is 57.3 Å². The highest BCUT2D eigenvalue weighted by molar-refractivity contribution is 5.88. The maximum atomic E-state index is 12.9. The number of allylic oxidation sites excluding steroid dienone is 1. The molecule has 6 heteroatoms. The number of fused-ring (bicyclic) bond motifs is 1. The molecule has 0 radical (unpaired) electrons. The fourth-order valence-corrected chi connectivity index (χ4v) is 2.76. The lowest BCUT2D eigenvalue weighted by Gasteiger charge is -2.12. The van der Waals surface area contributed by atoms with Crippen LogP contribution in [0.3, 0.4) is 0 Å². The standard InChI is InChI=1S/C22H22O6/c1-13(2)9-10-27-16-11-17(23)19-18(12-16)28-21(22(26-4)20(19)24)14-5-7-15(25-3)8-6-14/h5-9,11-12,23H,10H2,1-4H3. The molecule has 1 N–H and O–H groups in total. The summed E-state index contributed by atoms with van der Waals surface area (Å²) in [6.45, 7) is 4.28. The van der Waals surface area contributed by atoms with Crippen molar-refractivity contribution < 1.29 is 23.7 Å². The average molecular weight is 382 g/mol. The van der Waals surface area contributed by atoms with Crippen molar-refractivity contribution in [2.75, 3.05) is 20.8 Å². The maximum Gasteiger partial charge on any atom is 0.239 e. The summed E-state index contributed by atoms with van der Waals surface area (Å²) in [5.74, 6) is 1.14. The van der Waals surface area contributed by atoms with Crippen molar-refractivity contribution in [3.63, 3.8) is 0 Å². The Labute approximate surface area is 162 Å². The van der Waals surface area contributed by atoms with E-state index in [1.54, 1.807) is 37.4 Å². The van der Waals surface area contributed by atoms with Gasteiger partial charge in [0.15, 0.2) is 5.76 Å². The molecular weight excluding hydrogens is 360 g/mol. The van der Waals surface area contributed by atoms with Crippen molar-refractivity contribution in [3.05, 3.63) is 58.3 Å². The molecule has 0 amide bonds. The largest absolute Gasteiger partial charge is 0.507 e. The van der Waals surface area contributed by atoms with Crippen LogP contribution in [-0.4, -0.2) is 25.9 Å². The molecule has 0 bridgehead atoms. The van der Waals surface area contributed by atoms with Gasteiger partial charge < -0.3 is 23.7 Å². The molecule has 0 unspecified atom stereocenters. The minimum Gasteiger partial charge on any atom is -0.507 e. The molecule has 6 nitrogen and oxygen atoms in total. The molecule has 0 aliphatic rings. The minimum absolute atomic E-state index is 0.0196. The Hall–Kier alpha value is -3.41. The predicted molar refractivity (Wildman–Crippen MR) is 108 cm³/mol. The summed E-state index contributed by atoms with van der Waals surface area (Å²) in [6.07, 6.45) is 1.91. The molecule has 0 aliphatic heterocycles. The van der Waals surface area contributed by atoms with E-state index < -0.39 is 5.43 Å². The third kappa shape index (κ3) is 3.81. The molecule has 2 aromatic carbocycles. The minimum atomic E-state index is -0.456. The second-order valence-corrected chi connectivity index (χ2v) is 6.43. The SMILES string of the molecule is COc1ccc(-c2oc3cc(OCC=C(C)C)cc(O)c3c(=O)c2OC)cc1. The quantitative estimate of drug-likeness (QED) is 0.631. The molecule has 0 saturated carbocycles. The molecule has 3 aromatic rings. The average Bonchev–Trinajstić information content (AvgIpc) is 2.67. The van der Waals surface area contributed by atoms with Crippen LogP contribution in [-0.2, 0) is 0 Å². The Kier molecular flexibility index (Phi) is 5.59. The van der Waals surface area contributed by atoms with E-state index in [0.29, 0.717) is 23.7 Å². The summed E-state index contributed by atoms with van der Waals surface area (Å²) in [5.41, 5.74) is 1.52. The molecule has 3 rings (SSSR count). The zero-order valence-electron chi connectivity index (χ0n) is 16.2. The van der Waals surface area contributed by atoms with Crippen molar-refractivity contribution in [3.8, 4) is 34.3 Å². The van der Waals surface area contributed by atoms with Crippen LogP contribution in [0.5, 0.6) is 23.0 Å². The second-order valence-electron chi connectivity index (χ2n) is 6.43. The number of hydrogen-bond acceptors (Lipinski definition) is 6. The van der Waals surface area contributed by atoms with E-state index in [4.69, 9.17) is 18.6 Å². The Bertz CT molecular complexity index is 1070. The summed E-state index contributed by atoms with van der Waals surface area (Å²) in [5, 5.41) is 10.4. The van der Waals surface area contributed by atoms with E-state index in [2.05, 4.69) is 0 Å². The summed E-state index contributed by atoms with van der Waals surface area (Å²) in [4.78, 5) is 12.9. The molecule has 0 saturated heterocycles. The van der Waals surface area contributed by atoms with Crippen molar-refractivity contribution in [1.29, 1.82) is 0 Å². The summed E-state index contributed by atoms with van der Waals surface area (Å²) in [6, 6.07) is 10.0. The first kappa shape index (κ1) is 19.4. The first-order valence-electron chi connectivity index (χ1n) is 8.73. The molecule has 1 aromatic heterocycles. The van der Waals surface area contributed by atoms with Gasteiger partial charge in [-0.2, -0.15) is 0 Å². The van der Waals surface area contributed by atoms with E-state index in [1.165, 1.54) is 13.2 Å². The van der Waals surface area contributed by atoms with Gasteiger partial charge in [-0.3, -0.25) is 4.79 Å². The van der Waals surface area contributed by atoms with Crippen molar-refractivity contribution in [2.24, 2.45) is 0 Å². The molecule has 0 atom stereocenters. The Morgan fingerprint density at radius 1 is 1.07 bits per heavy atom. The van der Waals surface area contributed by atoms with Crippen molar-refractivity contribution in [1.82, 2.24) is 0 Å². The van der Waals surface area contributed by atoms with Crippen LogP contribution in [0, 0.1) is 0 Å². The van der Waals surface area contributed by atoms with E-state index >= 15 is 0 Å². The van der Waals surface area contributed by atoms with E-state index in [-0.39, 0.29) is 28.2 Å². The highest BCUT2D eigenvalue weighted by atomic mass is 16.5. The lowest BCUT2D eigenvalue weighted by molar-refractivity contribution is 0.358. The van der Waals surface area contributed by atoms with Crippen molar-refractivity contribution >= 4 is 11.0 Å². The Morgan fingerprint density at radius 2 is 1.79 bits per heavy atom. The third-order valence-electron chi connectivity index (χ3n) is 4.20. The Balaban J connectivity index is 2.15. The van der Waals surface area contributed by atoms with Gasteiger partial charge in [0.25, 0.3) is 0 Å². The lowest BCUT2D eigenvalue weighted by Crippen LogP contribution is -2.08. The summed E-state index contributed by atoms with van der Waals surface area (Å²) >= 11 is 0. The van der Waals surface area contributed by atoms with Gasteiger partial charge in [0.2, 0.25) is 11.2 Å². The van der Waals surface area contributed by atoms with Crippen LogP contribution in [0.25, 0.3) is 22.3 Å². The molecule has 0 spiro atoms. The molecule has 1 heterocycles. The first-order valence-corrected chi connectivity index (χ1v) is 8.73. The lowest BCUT2D eigenvalue weighted by atomic mass is 10.1.